The Bertz CT molecular complexity index is 3780. The third-order valence-corrected chi connectivity index (χ3v) is 19.1. The molecule has 3 aliphatic heterocycles. The van der Waals surface area contributed by atoms with Crippen LogP contribution in [0.25, 0.3) is 16.6 Å². The molecule has 1 saturated carbocycles. The lowest BCUT2D eigenvalue weighted by Crippen LogP contribution is -2.54. The van der Waals surface area contributed by atoms with Gasteiger partial charge in [-0.1, -0.05) is 55.6 Å². The molecule has 6 aromatic rings. The second-order valence-corrected chi connectivity index (χ2v) is 26.3. The standard InChI is InChI=1S/C64H72ClN11O10S/c1-64(2)25-23-43(51(36-64)41-11-13-44(65)14-12-41)39-73-29-31-74(32-30-73)46-17-19-49(56(34-46)86-47-33-42-24-28-68-59(42)70-38-47)60(78)72-87(84,85)48-18-20-52(55(35-48)76(82)83)69-37-40-9-15-45(16-10-40)66-26-4-3-5-27-67-53-8-6-7-50-58(53)63(81)75(62(50)80)54-21-22-57(77)71-61(54)79/h6-8,11-14,17-20,24,28,33-35,38,40,45,54,66-67,69H,3-5,9-10,15-16,21-23,25-27,29-32,36-37,39H2,1-2H3,(H,68,70)(H,72,78)(H,71,77,79). The average molecular weight is 1220 g/mol. The van der Waals surface area contributed by atoms with Crippen molar-refractivity contribution in [1.29, 1.82) is 0 Å². The van der Waals surface area contributed by atoms with Crippen molar-refractivity contribution in [2.45, 2.75) is 108 Å². The Morgan fingerprint density at radius 2 is 1.63 bits per heavy atom. The maximum atomic E-state index is 14.2. The SMILES string of the molecule is CC1(C)CCC(CN2CCN(c3ccc(C(=O)NS(=O)(=O)c4ccc(NCC5CCC(NCCCCCNc6cccc7c6C(=O)N(C6CCC(=O)NC6=O)C7=O)CC5)c([N+](=O)[O-])c4)c(Oc4cnc5[nH]ccc5c4)c3)CC2)=C(c2ccc(Cl)cc2)C1. The van der Waals surface area contributed by atoms with Gasteiger partial charge in [-0.2, -0.15) is 0 Å². The molecule has 6 N–H and O–H groups in total. The van der Waals surface area contributed by atoms with Crippen LogP contribution < -0.4 is 35.6 Å². The van der Waals surface area contributed by atoms with Crippen LogP contribution in [0.15, 0.2) is 114 Å². The number of ether oxygens (including phenoxy) is 1. The highest BCUT2D eigenvalue weighted by Gasteiger charge is 2.46. The van der Waals surface area contributed by atoms with Gasteiger partial charge in [0.05, 0.1) is 32.7 Å². The van der Waals surface area contributed by atoms with Crippen LogP contribution in [0.2, 0.25) is 5.02 Å². The fourth-order valence-corrected chi connectivity index (χ4v) is 13.8. The zero-order valence-electron chi connectivity index (χ0n) is 48.8. The van der Waals surface area contributed by atoms with Crippen molar-refractivity contribution in [3.05, 3.63) is 146 Å². The van der Waals surface area contributed by atoms with Crippen LogP contribution in [0.3, 0.4) is 0 Å². The fraction of sp³-hybridized carbons (Fsp3) is 0.406. The molecule has 87 heavy (non-hydrogen) atoms. The van der Waals surface area contributed by atoms with Gasteiger partial charge in [-0.3, -0.25) is 49.2 Å². The topological polar surface area (TPSA) is 270 Å². The molecule has 2 aliphatic carbocycles. The van der Waals surface area contributed by atoms with E-state index < -0.39 is 61.1 Å². The van der Waals surface area contributed by atoms with Gasteiger partial charge >= 0.3 is 0 Å². The number of piperazine rings is 1. The Morgan fingerprint density at radius 1 is 0.851 bits per heavy atom. The minimum Gasteiger partial charge on any atom is -0.455 e. The van der Waals surface area contributed by atoms with Gasteiger partial charge in [0.15, 0.2) is 0 Å². The lowest BCUT2D eigenvalue weighted by molar-refractivity contribution is -0.384. The summed E-state index contributed by atoms with van der Waals surface area (Å²) in [5, 5.41) is 26.3. The van der Waals surface area contributed by atoms with Gasteiger partial charge in [0.2, 0.25) is 11.8 Å². The number of pyridine rings is 1. The summed E-state index contributed by atoms with van der Waals surface area (Å²) in [4.78, 5) is 89.5. The summed E-state index contributed by atoms with van der Waals surface area (Å²) < 4.78 is 36.5. The predicted octanol–water partition coefficient (Wildman–Crippen LogP) is 10.1. The van der Waals surface area contributed by atoms with Crippen molar-refractivity contribution in [3.63, 3.8) is 0 Å². The van der Waals surface area contributed by atoms with Crippen LogP contribution in [0.1, 0.15) is 128 Å². The molecular weight excluding hydrogens is 1150 g/mol. The van der Waals surface area contributed by atoms with Gasteiger partial charge < -0.3 is 30.6 Å². The fourth-order valence-electron chi connectivity index (χ4n) is 12.6. The van der Waals surface area contributed by atoms with Gasteiger partial charge in [-0.15, -0.1) is 0 Å². The predicted molar refractivity (Wildman–Crippen MR) is 333 cm³/mol. The highest BCUT2D eigenvalue weighted by Crippen LogP contribution is 2.44. The van der Waals surface area contributed by atoms with Crippen molar-refractivity contribution in [2.24, 2.45) is 11.3 Å². The number of amides is 5. The number of rotatable bonds is 22. The van der Waals surface area contributed by atoms with Crippen molar-refractivity contribution >= 4 is 90.5 Å². The quantitative estimate of drug-likeness (QED) is 0.0160. The van der Waals surface area contributed by atoms with Crippen molar-refractivity contribution in [3.8, 4) is 11.5 Å². The molecule has 5 amide bonds. The number of halogens is 1. The van der Waals surface area contributed by atoms with E-state index in [1.165, 1.54) is 41.1 Å². The number of sulfonamides is 1. The molecule has 3 fully saturated rings. The number of carbonyl (C=O) groups is 5. The van der Waals surface area contributed by atoms with Crippen LogP contribution in [-0.2, 0) is 19.6 Å². The maximum Gasteiger partial charge on any atom is 0.293 e. The summed E-state index contributed by atoms with van der Waals surface area (Å²) in [5.41, 5.74) is 6.38. The first kappa shape index (κ1) is 60.5. The molecule has 2 saturated heterocycles. The molecule has 1 atom stereocenters. The number of nitro groups is 1. The summed E-state index contributed by atoms with van der Waals surface area (Å²) in [5.74, 6) is -2.47. The van der Waals surface area contributed by atoms with Gasteiger partial charge in [0, 0.05) is 98.4 Å². The van der Waals surface area contributed by atoms with Crippen LogP contribution in [-0.4, -0.2) is 127 Å². The number of nitrogens with zero attached hydrogens (tertiary/aromatic N) is 5. The Hall–Kier alpha value is -8.18. The largest absolute Gasteiger partial charge is 0.455 e. The lowest BCUT2D eigenvalue weighted by Gasteiger charge is -2.39. The average Bonchev–Trinajstić information content (AvgIpc) is 1.82. The summed E-state index contributed by atoms with van der Waals surface area (Å²) in [6.07, 6.45) is 12.8. The number of hydrogen-bond donors (Lipinski definition) is 6. The Balaban J connectivity index is 0.659. The number of carbonyl (C=O) groups excluding carboxylic acids is 5. The maximum absolute atomic E-state index is 14.2. The van der Waals surface area contributed by atoms with E-state index in [0.29, 0.717) is 54.3 Å². The molecule has 456 valence electrons. The van der Waals surface area contributed by atoms with Crippen LogP contribution >= 0.6 is 11.6 Å². The monoisotopic (exact) mass is 1220 g/mol. The highest BCUT2D eigenvalue weighted by atomic mass is 35.5. The summed E-state index contributed by atoms with van der Waals surface area (Å²) in [6, 6.07) is 24.7. The molecule has 2 aromatic heterocycles. The van der Waals surface area contributed by atoms with E-state index >= 15 is 0 Å². The molecule has 0 bridgehead atoms. The normalized spacial score (nSPS) is 19.9. The molecule has 23 heteroatoms. The summed E-state index contributed by atoms with van der Waals surface area (Å²) >= 11 is 6.27. The lowest BCUT2D eigenvalue weighted by atomic mass is 9.72. The van der Waals surface area contributed by atoms with Crippen molar-refractivity contribution in [2.75, 3.05) is 67.9 Å². The number of imide groups is 2. The van der Waals surface area contributed by atoms with E-state index in [0.717, 1.165) is 112 Å². The zero-order valence-corrected chi connectivity index (χ0v) is 50.4. The number of piperidine rings is 1. The van der Waals surface area contributed by atoms with Crippen molar-refractivity contribution < 1.29 is 42.1 Å². The number of nitro benzene ring substituents is 1. The molecule has 11 rings (SSSR count). The number of H-pyrrole nitrogens is 1. The Labute approximate surface area is 510 Å². The van der Waals surface area contributed by atoms with E-state index in [1.807, 2.05) is 18.2 Å². The first-order valence-corrected chi connectivity index (χ1v) is 31.8. The minimum absolute atomic E-state index is 0.0522. The van der Waals surface area contributed by atoms with Crippen LogP contribution in [0, 0.1) is 21.4 Å². The van der Waals surface area contributed by atoms with Crippen LogP contribution in [0.5, 0.6) is 11.5 Å². The molecule has 4 aromatic carbocycles. The molecule has 1 unspecified atom stereocenters. The number of hydrogen-bond acceptors (Lipinski definition) is 16. The molecule has 5 heterocycles. The Kier molecular flexibility index (Phi) is 18.1. The second-order valence-electron chi connectivity index (χ2n) is 24.1. The Morgan fingerprint density at radius 3 is 2.40 bits per heavy atom. The molecule has 0 radical (unpaired) electrons. The molecule has 21 nitrogen and oxygen atoms in total. The number of benzene rings is 4. The molecule has 0 spiro atoms. The van der Waals surface area contributed by atoms with E-state index in [9.17, 15) is 42.5 Å². The first-order valence-electron chi connectivity index (χ1n) is 30.0. The first-order chi connectivity index (χ1) is 41.9. The third-order valence-electron chi connectivity index (χ3n) is 17.5. The number of allylic oxidation sites excluding steroid dienone is 1. The number of unbranched alkanes of at least 4 members (excludes halogenated alkanes) is 2. The van der Waals surface area contributed by atoms with Gasteiger partial charge in [-0.25, -0.2) is 18.1 Å². The second kappa shape index (κ2) is 26.0. The zero-order chi connectivity index (χ0) is 61.0. The number of nitrogens with one attached hydrogen (secondary N) is 6. The van der Waals surface area contributed by atoms with Crippen LogP contribution in [0.4, 0.5) is 22.7 Å². The third kappa shape index (κ3) is 14.0. The number of aromatic amines is 1. The molecular formula is C64H72ClN11O10S. The van der Waals surface area contributed by atoms with E-state index in [-0.39, 0.29) is 52.3 Å². The number of anilines is 3. The number of aromatic nitrogens is 2. The summed E-state index contributed by atoms with van der Waals surface area (Å²) in [6.45, 7) is 10.4. The highest BCUT2D eigenvalue weighted by molar-refractivity contribution is 7.90. The van der Waals surface area contributed by atoms with E-state index in [4.69, 9.17) is 16.3 Å². The number of fused-ring (bicyclic) bond motifs is 2. The van der Waals surface area contributed by atoms with E-state index in [2.05, 4.69) is 71.7 Å². The van der Waals surface area contributed by atoms with E-state index in [1.54, 1.807) is 42.6 Å². The van der Waals surface area contributed by atoms with Gasteiger partial charge in [0.25, 0.3) is 33.4 Å². The van der Waals surface area contributed by atoms with Crippen molar-refractivity contribution in [1.82, 2.24) is 35.1 Å². The smallest absolute Gasteiger partial charge is 0.293 e. The molecule has 5 aliphatic rings. The minimum atomic E-state index is -4.63. The van der Waals surface area contributed by atoms with Gasteiger partial charge in [-0.05, 0) is 154 Å². The summed E-state index contributed by atoms with van der Waals surface area (Å²) in [7, 11) is -4.63. The van der Waals surface area contributed by atoms with Gasteiger partial charge in [0.1, 0.15) is 28.9 Å².